The highest BCUT2D eigenvalue weighted by Gasteiger charge is 2.35. The summed E-state index contributed by atoms with van der Waals surface area (Å²) in [5.41, 5.74) is 0. The molecule has 0 aromatic heterocycles. The number of carboxylic acid groups (broad SMARTS) is 1. The van der Waals surface area contributed by atoms with Crippen molar-refractivity contribution in [1.82, 2.24) is 4.31 Å². The van der Waals surface area contributed by atoms with Crippen LogP contribution in [0.4, 0.5) is 0 Å². The highest BCUT2D eigenvalue weighted by molar-refractivity contribution is 7.89. The van der Waals surface area contributed by atoms with Gasteiger partial charge in [0, 0.05) is 20.2 Å². The zero-order valence-corrected chi connectivity index (χ0v) is 10.9. The van der Waals surface area contributed by atoms with Gasteiger partial charge in [-0.15, -0.1) is 0 Å². The molecule has 0 saturated carbocycles. The number of nitrogens with zero attached hydrogens (tertiary/aromatic N) is 1. The first-order valence-corrected chi connectivity index (χ1v) is 7.10. The van der Waals surface area contributed by atoms with Crippen molar-refractivity contribution in [2.75, 3.05) is 26.8 Å². The van der Waals surface area contributed by atoms with Crippen molar-refractivity contribution < 1.29 is 23.1 Å². The van der Waals surface area contributed by atoms with Crippen molar-refractivity contribution in [1.29, 1.82) is 0 Å². The van der Waals surface area contributed by atoms with Crippen molar-refractivity contribution in [3.8, 4) is 0 Å². The molecule has 0 aromatic rings. The molecular formula is C10H19NO5S. The normalized spacial score (nSPS) is 24.5. The molecule has 0 bridgehead atoms. The SMILES string of the molecule is COCC(C)S(=O)(=O)N1CCCC(C(=O)O)C1. The van der Waals surface area contributed by atoms with Gasteiger partial charge in [0.25, 0.3) is 0 Å². The maximum Gasteiger partial charge on any atom is 0.307 e. The van der Waals surface area contributed by atoms with Crippen LogP contribution < -0.4 is 0 Å². The summed E-state index contributed by atoms with van der Waals surface area (Å²) in [6.07, 6.45) is 1.13. The minimum absolute atomic E-state index is 0.0751. The van der Waals surface area contributed by atoms with Crippen molar-refractivity contribution in [3.05, 3.63) is 0 Å². The average molecular weight is 265 g/mol. The first-order chi connectivity index (χ1) is 7.89. The van der Waals surface area contributed by atoms with E-state index in [1.165, 1.54) is 11.4 Å². The van der Waals surface area contributed by atoms with Crippen LogP contribution in [0.2, 0.25) is 0 Å². The van der Waals surface area contributed by atoms with Crippen molar-refractivity contribution in [3.63, 3.8) is 0 Å². The molecule has 7 heteroatoms. The van der Waals surface area contributed by atoms with Crippen LogP contribution in [0.15, 0.2) is 0 Å². The molecule has 6 nitrogen and oxygen atoms in total. The van der Waals surface area contributed by atoms with Crippen LogP contribution in [0, 0.1) is 5.92 Å². The molecule has 1 heterocycles. The lowest BCUT2D eigenvalue weighted by Gasteiger charge is -2.31. The largest absolute Gasteiger partial charge is 0.481 e. The van der Waals surface area contributed by atoms with Gasteiger partial charge >= 0.3 is 5.97 Å². The van der Waals surface area contributed by atoms with E-state index in [4.69, 9.17) is 9.84 Å². The molecule has 1 aliphatic rings. The van der Waals surface area contributed by atoms with Gasteiger partial charge < -0.3 is 9.84 Å². The lowest BCUT2D eigenvalue weighted by atomic mass is 10.0. The first kappa shape index (κ1) is 14.4. The Morgan fingerprint density at radius 3 is 2.76 bits per heavy atom. The summed E-state index contributed by atoms with van der Waals surface area (Å²) in [6, 6.07) is 0. The zero-order chi connectivity index (χ0) is 13.1. The summed E-state index contributed by atoms with van der Waals surface area (Å²) < 4.78 is 30.3. The standard InChI is InChI=1S/C10H19NO5S/c1-8(7-16-2)17(14,15)11-5-3-4-9(6-11)10(12)13/h8-9H,3-7H2,1-2H3,(H,12,13). The van der Waals surface area contributed by atoms with Gasteiger partial charge in [-0.3, -0.25) is 4.79 Å². The molecule has 0 radical (unpaired) electrons. The second kappa shape index (κ2) is 5.79. The third-order valence-electron chi connectivity index (χ3n) is 3.00. The number of rotatable bonds is 5. The molecule has 1 N–H and O–H groups in total. The third-order valence-corrected chi connectivity index (χ3v) is 5.21. The van der Waals surface area contributed by atoms with Crippen LogP contribution in [-0.4, -0.2) is 55.9 Å². The fraction of sp³-hybridized carbons (Fsp3) is 0.900. The van der Waals surface area contributed by atoms with Gasteiger partial charge in [-0.1, -0.05) is 0 Å². The fourth-order valence-corrected chi connectivity index (χ4v) is 3.54. The Kier molecular flexibility index (Phi) is 4.91. The van der Waals surface area contributed by atoms with Gasteiger partial charge in [-0.2, -0.15) is 0 Å². The van der Waals surface area contributed by atoms with E-state index in [1.807, 2.05) is 0 Å². The van der Waals surface area contributed by atoms with Crippen molar-refractivity contribution in [2.45, 2.75) is 25.0 Å². The van der Waals surface area contributed by atoms with Crippen molar-refractivity contribution >= 4 is 16.0 Å². The minimum atomic E-state index is -3.45. The Morgan fingerprint density at radius 2 is 2.24 bits per heavy atom. The third kappa shape index (κ3) is 3.40. The van der Waals surface area contributed by atoms with Crippen molar-refractivity contribution in [2.24, 2.45) is 5.92 Å². The summed E-state index contributed by atoms with van der Waals surface area (Å²) in [6.45, 7) is 2.17. The first-order valence-electron chi connectivity index (χ1n) is 5.60. The minimum Gasteiger partial charge on any atom is -0.481 e. The molecule has 2 unspecified atom stereocenters. The Morgan fingerprint density at radius 1 is 1.59 bits per heavy atom. The molecule has 1 fully saturated rings. The summed E-state index contributed by atoms with van der Waals surface area (Å²) in [5, 5.41) is 8.28. The van der Waals surface area contributed by atoms with Gasteiger partial charge in [0.1, 0.15) is 0 Å². The van der Waals surface area contributed by atoms with Crippen LogP contribution in [0.3, 0.4) is 0 Å². The number of ether oxygens (including phenoxy) is 1. The van der Waals surface area contributed by atoms with E-state index in [1.54, 1.807) is 6.92 Å². The predicted molar refractivity (Wildman–Crippen MR) is 62.2 cm³/mol. The topological polar surface area (TPSA) is 83.9 Å². The lowest BCUT2D eigenvalue weighted by Crippen LogP contribution is -2.46. The van der Waals surface area contributed by atoms with Crippen LogP contribution in [-0.2, 0) is 19.6 Å². The molecule has 100 valence electrons. The van der Waals surface area contributed by atoms with Crippen LogP contribution in [0.1, 0.15) is 19.8 Å². The summed E-state index contributed by atoms with van der Waals surface area (Å²) >= 11 is 0. The Bertz CT molecular complexity index is 367. The maximum atomic E-state index is 12.1. The fourth-order valence-electron chi connectivity index (χ4n) is 1.95. The maximum absolute atomic E-state index is 12.1. The van der Waals surface area contributed by atoms with E-state index in [2.05, 4.69) is 0 Å². The number of methoxy groups -OCH3 is 1. The van der Waals surface area contributed by atoms with Gasteiger partial charge in [0.15, 0.2) is 0 Å². The van der Waals surface area contributed by atoms with E-state index in [-0.39, 0.29) is 13.2 Å². The summed E-state index contributed by atoms with van der Waals surface area (Å²) in [5.74, 6) is -1.52. The molecule has 0 spiro atoms. The summed E-state index contributed by atoms with van der Waals surface area (Å²) in [4.78, 5) is 10.9. The van der Waals surface area contributed by atoms with Crippen LogP contribution in [0.25, 0.3) is 0 Å². The number of carboxylic acids is 1. The quantitative estimate of drug-likeness (QED) is 0.765. The van der Waals surface area contributed by atoms with E-state index in [0.29, 0.717) is 19.4 Å². The molecule has 1 rings (SSSR count). The zero-order valence-electron chi connectivity index (χ0n) is 10.1. The number of aliphatic carboxylic acids is 1. The Balaban J connectivity index is 2.74. The van der Waals surface area contributed by atoms with E-state index < -0.39 is 27.2 Å². The van der Waals surface area contributed by atoms with Gasteiger partial charge in [-0.25, -0.2) is 12.7 Å². The van der Waals surface area contributed by atoms with Crippen LogP contribution >= 0.6 is 0 Å². The molecule has 1 aliphatic heterocycles. The highest BCUT2D eigenvalue weighted by atomic mass is 32.2. The van der Waals surface area contributed by atoms with E-state index >= 15 is 0 Å². The van der Waals surface area contributed by atoms with Gasteiger partial charge in [0.2, 0.25) is 10.0 Å². The number of piperidine rings is 1. The molecule has 0 aliphatic carbocycles. The predicted octanol–water partition coefficient (Wildman–Crippen LogP) is 0.148. The molecule has 2 atom stereocenters. The summed E-state index contributed by atoms with van der Waals surface area (Å²) in [7, 11) is -2.00. The van der Waals surface area contributed by atoms with E-state index in [9.17, 15) is 13.2 Å². The Hall–Kier alpha value is -0.660. The van der Waals surface area contributed by atoms with E-state index in [0.717, 1.165) is 0 Å². The Labute approximate surface area is 102 Å². The van der Waals surface area contributed by atoms with Crippen LogP contribution in [0.5, 0.6) is 0 Å². The molecule has 0 aromatic carbocycles. The second-order valence-corrected chi connectivity index (χ2v) is 6.70. The molecule has 0 amide bonds. The molecule has 17 heavy (non-hydrogen) atoms. The highest BCUT2D eigenvalue weighted by Crippen LogP contribution is 2.21. The molecule has 1 saturated heterocycles. The second-order valence-electron chi connectivity index (χ2n) is 4.35. The van der Waals surface area contributed by atoms with Gasteiger partial charge in [0.05, 0.1) is 17.8 Å². The number of hydrogen-bond acceptors (Lipinski definition) is 4. The number of hydrogen-bond donors (Lipinski definition) is 1. The molecular weight excluding hydrogens is 246 g/mol. The monoisotopic (exact) mass is 265 g/mol. The number of sulfonamides is 1. The smallest absolute Gasteiger partial charge is 0.307 e. The van der Waals surface area contributed by atoms with Gasteiger partial charge in [-0.05, 0) is 19.8 Å². The lowest BCUT2D eigenvalue weighted by molar-refractivity contribution is -0.142. The average Bonchev–Trinajstić information content (AvgIpc) is 2.29. The number of carbonyl (C=O) groups is 1.